The second kappa shape index (κ2) is 6.42. The Morgan fingerprint density at radius 2 is 1.62 bits per heavy atom. The summed E-state index contributed by atoms with van der Waals surface area (Å²) in [5.74, 6) is -0.209. The van der Waals surface area contributed by atoms with Crippen molar-refractivity contribution in [3.8, 4) is 0 Å². The molecular formula is C20H16N2OS. The maximum absolute atomic E-state index is 13.0. The molecule has 2 aromatic carbocycles. The molecule has 0 radical (unpaired) electrons. The van der Waals surface area contributed by atoms with Gasteiger partial charge in [-0.1, -0.05) is 54.6 Å². The molecular weight excluding hydrogens is 316 g/mol. The van der Waals surface area contributed by atoms with E-state index in [1.165, 1.54) is 0 Å². The molecule has 2 heterocycles. The van der Waals surface area contributed by atoms with Gasteiger partial charge in [0.25, 0.3) is 5.91 Å². The van der Waals surface area contributed by atoms with Crippen molar-refractivity contribution in [3.05, 3.63) is 88.6 Å². The molecule has 0 saturated carbocycles. The molecule has 0 N–H and O–H groups in total. The van der Waals surface area contributed by atoms with E-state index in [2.05, 4.69) is 17.2 Å². The van der Waals surface area contributed by atoms with Crippen LogP contribution in [0.2, 0.25) is 0 Å². The van der Waals surface area contributed by atoms with E-state index >= 15 is 0 Å². The molecule has 3 nitrogen and oxygen atoms in total. The molecule has 118 valence electrons. The third kappa shape index (κ3) is 2.76. The number of benzene rings is 2. The minimum Gasteiger partial charge on any atom is -0.272 e. The first-order chi connectivity index (χ1) is 11.8. The summed E-state index contributed by atoms with van der Waals surface area (Å²) in [6, 6.07) is 23.8. The second-order valence-electron chi connectivity index (χ2n) is 5.69. The van der Waals surface area contributed by atoms with E-state index in [9.17, 15) is 4.79 Å². The van der Waals surface area contributed by atoms with Crippen molar-refractivity contribution in [2.24, 2.45) is 11.0 Å². The number of rotatable bonds is 4. The first-order valence-electron chi connectivity index (χ1n) is 7.88. The summed E-state index contributed by atoms with van der Waals surface area (Å²) in [5.41, 5.74) is 2.82. The lowest BCUT2D eigenvalue weighted by Crippen LogP contribution is -2.29. The van der Waals surface area contributed by atoms with Gasteiger partial charge in [0.05, 0.1) is 22.2 Å². The minimum atomic E-state index is -0.244. The Hall–Kier alpha value is -2.72. The molecule has 1 aromatic heterocycles. The maximum atomic E-state index is 13.0. The van der Waals surface area contributed by atoms with Crippen LogP contribution in [0.5, 0.6) is 0 Å². The lowest BCUT2D eigenvalue weighted by Gasteiger charge is -2.14. The summed E-state index contributed by atoms with van der Waals surface area (Å²) in [4.78, 5) is 14.1. The van der Waals surface area contributed by atoms with Gasteiger partial charge in [0.2, 0.25) is 0 Å². The number of para-hydroxylation sites is 1. The molecule has 1 atom stereocenters. The molecule has 4 rings (SSSR count). The minimum absolute atomic E-state index is 0.0356. The fourth-order valence-electron chi connectivity index (χ4n) is 2.92. The van der Waals surface area contributed by atoms with E-state index in [0.29, 0.717) is 6.42 Å². The number of nitrogens with zero attached hydrogens (tertiary/aromatic N) is 2. The molecule has 3 aromatic rings. The Morgan fingerprint density at radius 1 is 0.917 bits per heavy atom. The summed E-state index contributed by atoms with van der Waals surface area (Å²) in [7, 11) is 0. The Labute approximate surface area is 144 Å². The van der Waals surface area contributed by atoms with Gasteiger partial charge >= 0.3 is 0 Å². The Kier molecular flexibility index (Phi) is 3.97. The van der Waals surface area contributed by atoms with Gasteiger partial charge < -0.3 is 0 Å². The van der Waals surface area contributed by atoms with Crippen molar-refractivity contribution in [1.29, 1.82) is 0 Å². The quantitative estimate of drug-likeness (QED) is 0.699. The first-order valence-corrected chi connectivity index (χ1v) is 8.76. The number of hydrogen-bond donors (Lipinski definition) is 0. The highest BCUT2D eigenvalue weighted by molar-refractivity contribution is 7.12. The molecule has 0 bridgehead atoms. The number of thiophene rings is 1. The van der Waals surface area contributed by atoms with Gasteiger partial charge in [-0.05, 0) is 35.6 Å². The first kappa shape index (κ1) is 14.8. The zero-order valence-corrected chi connectivity index (χ0v) is 13.8. The second-order valence-corrected chi connectivity index (χ2v) is 6.64. The van der Waals surface area contributed by atoms with Crippen molar-refractivity contribution in [2.75, 3.05) is 5.01 Å². The van der Waals surface area contributed by atoms with Crippen molar-refractivity contribution >= 4 is 28.6 Å². The summed E-state index contributed by atoms with van der Waals surface area (Å²) < 4.78 is 0. The molecule has 0 spiro atoms. The van der Waals surface area contributed by atoms with Crippen LogP contribution in [0.4, 0.5) is 5.69 Å². The SMILES string of the molecule is O=C1C(Cc2ccccc2)C(c2cccs2)=NN1c1ccccc1. The largest absolute Gasteiger partial charge is 0.272 e. The zero-order chi connectivity index (χ0) is 16.4. The van der Waals surface area contributed by atoms with E-state index in [-0.39, 0.29) is 11.8 Å². The highest BCUT2D eigenvalue weighted by Crippen LogP contribution is 2.30. The lowest BCUT2D eigenvalue weighted by atomic mass is 9.93. The van der Waals surface area contributed by atoms with Crippen LogP contribution in [0.25, 0.3) is 0 Å². The number of amides is 1. The molecule has 4 heteroatoms. The molecule has 0 saturated heterocycles. The van der Waals surface area contributed by atoms with E-state index in [0.717, 1.165) is 21.8 Å². The third-order valence-electron chi connectivity index (χ3n) is 4.10. The summed E-state index contributed by atoms with van der Waals surface area (Å²) in [5, 5.41) is 8.24. The molecule has 1 aliphatic heterocycles. The van der Waals surface area contributed by atoms with Crippen molar-refractivity contribution in [2.45, 2.75) is 6.42 Å². The van der Waals surface area contributed by atoms with E-state index in [1.807, 2.05) is 66.0 Å². The smallest absolute Gasteiger partial charge is 0.257 e. The van der Waals surface area contributed by atoms with Gasteiger partial charge in [-0.25, -0.2) is 0 Å². The van der Waals surface area contributed by atoms with Gasteiger partial charge in [-0.3, -0.25) is 4.79 Å². The standard InChI is InChI=1S/C20H16N2OS/c23-20-17(14-15-8-3-1-4-9-15)19(18-12-7-13-24-18)21-22(20)16-10-5-2-6-11-16/h1-13,17H,14H2. The lowest BCUT2D eigenvalue weighted by molar-refractivity contribution is -0.119. The zero-order valence-electron chi connectivity index (χ0n) is 13.0. The number of anilines is 1. The van der Waals surface area contributed by atoms with E-state index in [1.54, 1.807) is 16.3 Å². The third-order valence-corrected chi connectivity index (χ3v) is 4.99. The summed E-state index contributed by atoms with van der Waals surface area (Å²) in [6.07, 6.45) is 0.666. The molecule has 1 aliphatic rings. The highest BCUT2D eigenvalue weighted by Gasteiger charge is 2.37. The van der Waals surface area contributed by atoms with Crippen molar-refractivity contribution in [3.63, 3.8) is 0 Å². The monoisotopic (exact) mass is 332 g/mol. The van der Waals surface area contributed by atoms with Crippen LogP contribution in [0.15, 0.2) is 83.3 Å². The average Bonchev–Trinajstić information content (AvgIpc) is 3.26. The van der Waals surface area contributed by atoms with Crippen LogP contribution < -0.4 is 5.01 Å². The summed E-state index contributed by atoms with van der Waals surface area (Å²) >= 11 is 1.62. The number of carbonyl (C=O) groups excluding carboxylic acids is 1. The fourth-order valence-corrected chi connectivity index (χ4v) is 3.69. The Morgan fingerprint density at radius 3 is 2.29 bits per heavy atom. The van der Waals surface area contributed by atoms with Crippen molar-refractivity contribution in [1.82, 2.24) is 0 Å². The van der Waals surface area contributed by atoms with Crippen LogP contribution in [0, 0.1) is 5.92 Å². The van der Waals surface area contributed by atoms with E-state index in [4.69, 9.17) is 0 Å². The molecule has 24 heavy (non-hydrogen) atoms. The van der Waals surface area contributed by atoms with Crippen LogP contribution in [-0.2, 0) is 11.2 Å². The number of hydrogen-bond acceptors (Lipinski definition) is 3. The van der Waals surface area contributed by atoms with Crippen molar-refractivity contribution < 1.29 is 4.79 Å². The molecule has 1 amide bonds. The Balaban J connectivity index is 1.72. The highest BCUT2D eigenvalue weighted by atomic mass is 32.1. The fraction of sp³-hybridized carbons (Fsp3) is 0.100. The van der Waals surface area contributed by atoms with Gasteiger partial charge in [0.15, 0.2) is 0 Å². The average molecular weight is 332 g/mol. The topological polar surface area (TPSA) is 32.7 Å². The molecule has 0 aliphatic carbocycles. The van der Waals surface area contributed by atoms with E-state index < -0.39 is 0 Å². The van der Waals surface area contributed by atoms with Crippen LogP contribution >= 0.6 is 11.3 Å². The normalized spacial score (nSPS) is 17.2. The number of carbonyl (C=O) groups is 1. The summed E-state index contributed by atoms with van der Waals surface area (Å²) in [6.45, 7) is 0. The molecule has 0 fully saturated rings. The van der Waals surface area contributed by atoms with Gasteiger partial charge in [-0.15, -0.1) is 11.3 Å². The van der Waals surface area contributed by atoms with Gasteiger partial charge in [-0.2, -0.15) is 10.1 Å². The van der Waals surface area contributed by atoms with Crippen LogP contribution in [-0.4, -0.2) is 11.6 Å². The predicted octanol–water partition coefficient (Wildman–Crippen LogP) is 4.36. The Bertz CT molecular complexity index is 857. The van der Waals surface area contributed by atoms with Crippen LogP contribution in [0.1, 0.15) is 10.4 Å². The van der Waals surface area contributed by atoms with Gasteiger partial charge in [0, 0.05) is 0 Å². The van der Waals surface area contributed by atoms with Gasteiger partial charge in [0.1, 0.15) is 0 Å². The van der Waals surface area contributed by atoms with Crippen LogP contribution in [0.3, 0.4) is 0 Å². The number of hydrazone groups is 1. The maximum Gasteiger partial charge on any atom is 0.257 e. The predicted molar refractivity (Wildman–Crippen MR) is 98.4 cm³/mol. The molecule has 1 unspecified atom stereocenters.